The number of carbonyl (C=O) groups is 1. The summed E-state index contributed by atoms with van der Waals surface area (Å²) in [5.74, 6) is 2.97. The molecule has 2 fully saturated rings. The number of rotatable bonds is 4. The second-order valence-corrected chi connectivity index (χ2v) is 9.40. The van der Waals surface area contributed by atoms with Gasteiger partial charge in [0.15, 0.2) is 0 Å². The molecule has 3 aliphatic rings. The molecule has 0 radical (unpaired) electrons. The van der Waals surface area contributed by atoms with Crippen LogP contribution in [-0.4, -0.2) is 17.2 Å². The molecule has 0 saturated heterocycles. The summed E-state index contributed by atoms with van der Waals surface area (Å²) >= 11 is 0. The Morgan fingerprint density at radius 3 is 2.81 bits per heavy atom. The lowest BCUT2D eigenvalue weighted by Gasteiger charge is -2.53. The summed E-state index contributed by atoms with van der Waals surface area (Å²) in [6.07, 6.45) is 8.28. The van der Waals surface area contributed by atoms with Gasteiger partial charge in [-0.25, -0.2) is 0 Å². The van der Waals surface area contributed by atoms with E-state index in [1.165, 1.54) is 30.4 Å². The lowest BCUT2D eigenvalue weighted by atomic mass is 9.52. The molecular weight excluding hydrogens is 336 g/mol. The third-order valence-corrected chi connectivity index (χ3v) is 8.05. The van der Waals surface area contributed by atoms with E-state index < -0.39 is 0 Å². The predicted octanol–water partition coefficient (Wildman–Crippen LogP) is 5.60. The molecule has 0 heterocycles. The van der Waals surface area contributed by atoms with Crippen LogP contribution in [0.2, 0.25) is 0 Å². The minimum atomic E-state index is -0.0111. The molecule has 0 aromatic heterocycles. The lowest BCUT2D eigenvalue weighted by molar-refractivity contribution is -0.158. The number of hydrogen-bond acceptors (Lipinski definition) is 3. The number of phenols is 1. The van der Waals surface area contributed by atoms with Gasteiger partial charge >= 0.3 is 5.97 Å². The number of phenolic OH excluding ortho intramolecular Hbond substituents is 1. The quantitative estimate of drug-likeness (QED) is 0.702. The van der Waals surface area contributed by atoms with Crippen LogP contribution in [0.4, 0.5) is 0 Å². The lowest BCUT2D eigenvalue weighted by Crippen LogP contribution is -2.48. The second-order valence-electron chi connectivity index (χ2n) is 9.40. The molecule has 4 rings (SSSR count). The topological polar surface area (TPSA) is 46.5 Å². The second kappa shape index (κ2) is 7.14. The van der Waals surface area contributed by atoms with Gasteiger partial charge in [-0.05, 0) is 85.5 Å². The SMILES string of the molecule is CCCC(=O)OC1CCC2C3C(CC)Cc4cc(O)ccc4C3CCC12C. The predicted molar refractivity (Wildman–Crippen MR) is 107 cm³/mol. The largest absolute Gasteiger partial charge is 0.508 e. The van der Waals surface area contributed by atoms with Gasteiger partial charge in [0.05, 0.1) is 0 Å². The Morgan fingerprint density at radius 2 is 2.07 bits per heavy atom. The van der Waals surface area contributed by atoms with Crippen molar-refractivity contribution < 1.29 is 14.6 Å². The van der Waals surface area contributed by atoms with Crippen molar-refractivity contribution in [3.05, 3.63) is 29.3 Å². The summed E-state index contributed by atoms with van der Waals surface area (Å²) in [5.41, 5.74) is 2.96. The molecule has 27 heavy (non-hydrogen) atoms. The minimum Gasteiger partial charge on any atom is -0.508 e. The summed E-state index contributed by atoms with van der Waals surface area (Å²) in [6, 6.07) is 6.02. The molecular formula is C24H34O3. The molecule has 0 bridgehead atoms. The Morgan fingerprint density at radius 1 is 1.26 bits per heavy atom. The highest BCUT2D eigenvalue weighted by atomic mass is 16.5. The maximum Gasteiger partial charge on any atom is 0.306 e. The van der Waals surface area contributed by atoms with E-state index >= 15 is 0 Å². The Kier molecular flexibility index (Phi) is 4.98. The number of fused-ring (bicyclic) bond motifs is 5. The van der Waals surface area contributed by atoms with Gasteiger partial charge in [-0.15, -0.1) is 0 Å². The normalized spacial score (nSPS) is 37.2. The van der Waals surface area contributed by atoms with Crippen molar-refractivity contribution in [2.45, 2.75) is 84.2 Å². The molecule has 1 N–H and O–H groups in total. The van der Waals surface area contributed by atoms with Gasteiger partial charge in [-0.2, -0.15) is 0 Å². The van der Waals surface area contributed by atoms with Crippen LogP contribution in [0.1, 0.15) is 82.8 Å². The zero-order valence-electron chi connectivity index (χ0n) is 17.0. The average Bonchev–Trinajstić information content (AvgIpc) is 2.97. The van der Waals surface area contributed by atoms with Crippen LogP contribution in [0.3, 0.4) is 0 Å². The van der Waals surface area contributed by atoms with Crippen LogP contribution < -0.4 is 0 Å². The number of hydrogen-bond donors (Lipinski definition) is 1. The molecule has 6 atom stereocenters. The maximum atomic E-state index is 12.2. The fourth-order valence-corrected chi connectivity index (χ4v) is 6.75. The fraction of sp³-hybridized carbons (Fsp3) is 0.708. The van der Waals surface area contributed by atoms with Crippen LogP contribution in [-0.2, 0) is 16.0 Å². The van der Waals surface area contributed by atoms with E-state index in [2.05, 4.69) is 19.9 Å². The van der Waals surface area contributed by atoms with Crippen LogP contribution in [0.5, 0.6) is 5.75 Å². The number of benzene rings is 1. The van der Waals surface area contributed by atoms with Gasteiger partial charge in [0.2, 0.25) is 0 Å². The Hall–Kier alpha value is -1.51. The van der Waals surface area contributed by atoms with Gasteiger partial charge in [-0.3, -0.25) is 4.79 Å². The third kappa shape index (κ3) is 3.07. The first-order valence-corrected chi connectivity index (χ1v) is 11.0. The molecule has 2 saturated carbocycles. The molecule has 0 spiro atoms. The molecule has 6 unspecified atom stereocenters. The van der Waals surface area contributed by atoms with Crippen LogP contribution >= 0.6 is 0 Å². The first-order valence-electron chi connectivity index (χ1n) is 11.0. The van der Waals surface area contributed by atoms with Crippen LogP contribution in [0.15, 0.2) is 18.2 Å². The van der Waals surface area contributed by atoms with Gasteiger partial charge < -0.3 is 9.84 Å². The van der Waals surface area contributed by atoms with E-state index in [4.69, 9.17) is 4.74 Å². The van der Waals surface area contributed by atoms with Crippen molar-refractivity contribution in [2.24, 2.45) is 23.2 Å². The summed E-state index contributed by atoms with van der Waals surface area (Å²) in [7, 11) is 0. The summed E-state index contributed by atoms with van der Waals surface area (Å²) in [4.78, 5) is 12.2. The standard InChI is InChI=1S/C24H34O3/c1-4-6-22(26)27-21-10-9-20-23-15(5-2)13-16-14-17(25)7-8-18(16)19(23)11-12-24(20,21)3/h7-8,14-15,19-21,23,25H,4-6,9-13H2,1-3H3. The van der Waals surface area contributed by atoms with Crippen LogP contribution in [0, 0.1) is 23.2 Å². The van der Waals surface area contributed by atoms with E-state index in [0.29, 0.717) is 35.8 Å². The first kappa shape index (κ1) is 18.8. The summed E-state index contributed by atoms with van der Waals surface area (Å²) < 4.78 is 5.99. The smallest absolute Gasteiger partial charge is 0.306 e. The van der Waals surface area contributed by atoms with E-state index in [9.17, 15) is 9.90 Å². The van der Waals surface area contributed by atoms with Crippen molar-refractivity contribution in [3.63, 3.8) is 0 Å². The van der Waals surface area contributed by atoms with Gasteiger partial charge in [0.25, 0.3) is 0 Å². The zero-order chi connectivity index (χ0) is 19.2. The molecule has 3 aliphatic carbocycles. The average molecular weight is 371 g/mol. The molecule has 3 heteroatoms. The van der Waals surface area contributed by atoms with Crippen LogP contribution in [0.25, 0.3) is 0 Å². The van der Waals surface area contributed by atoms with Crippen molar-refractivity contribution in [3.8, 4) is 5.75 Å². The third-order valence-electron chi connectivity index (χ3n) is 8.05. The number of ether oxygens (including phenoxy) is 1. The number of esters is 1. The minimum absolute atomic E-state index is 0.0111. The Bertz CT molecular complexity index is 712. The highest BCUT2D eigenvalue weighted by molar-refractivity contribution is 5.69. The molecule has 3 nitrogen and oxygen atoms in total. The van der Waals surface area contributed by atoms with Gasteiger partial charge in [0, 0.05) is 11.8 Å². The number of aromatic hydroxyl groups is 1. The highest BCUT2D eigenvalue weighted by Gasteiger charge is 2.57. The van der Waals surface area contributed by atoms with Gasteiger partial charge in [-0.1, -0.05) is 33.3 Å². The number of carbonyl (C=O) groups excluding carboxylic acids is 1. The monoisotopic (exact) mass is 370 g/mol. The maximum absolute atomic E-state index is 12.2. The molecule has 148 valence electrons. The Balaban J connectivity index is 1.63. The van der Waals surface area contributed by atoms with Gasteiger partial charge in [0.1, 0.15) is 11.9 Å². The van der Waals surface area contributed by atoms with Crippen molar-refractivity contribution in [1.29, 1.82) is 0 Å². The molecule has 1 aromatic rings. The summed E-state index contributed by atoms with van der Waals surface area (Å²) in [6.45, 7) is 6.74. The zero-order valence-corrected chi connectivity index (χ0v) is 17.0. The molecule has 0 aliphatic heterocycles. The van der Waals surface area contributed by atoms with E-state index in [0.717, 1.165) is 25.7 Å². The van der Waals surface area contributed by atoms with Crippen molar-refractivity contribution in [1.82, 2.24) is 0 Å². The van der Waals surface area contributed by atoms with E-state index in [1.807, 2.05) is 19.1 Å². The summed E-state index contributed by atoms with van der Waals surface area (Å²) in [5, 5.41) is 9.95. The molecule has 0 amide bonds. The van der Waals surface area contributed by atoms with Crippen molar-refractivity contribution >= 4 is 5.97 Å². The highest BCUT2D eigenvalue weighted by Crippen LogP contribution is 2.63. The Labute approximate surface area is 163 Å². The van der Waals surface area contributed by atoms with E-state index in [-0.39, 0.29) is 17.5 Å². The fourth-order valence-electron chi connectivity index (χ4n) is 6.75. The molecule has 1 aromatic carbocycles. The van der Waals surface area contributed by atoms with E-state index in [1.54, 1.807) is 0 Å². The first-order chi connectivity index (χ1) is 13.0. The van der Waals surface area contributed by atoms with Crippen molar-refractivity contribution in [2.75, 3.05) is 0 Å².